The number of carbonyl (C=O) groups excluding carboxylic acids is 1. The molecular formula is C32H34N2O3S. The van der Waals surface area contributed by atoms with Gasteiger partial charge in [-0.15, -0.1) is 6.58 Å². The van der Waals surface area contributed by atoms with E-state index in [2.05, 4.69) is 44.7 Å². The number of allylic oxidation sites excluding steroid dienone is 1. The van der Waals surface area contributed by atoms with Gasteiger partial charge < -0.3 is 9.47 Å². The van der Waals surface area contributed by atoms with E-state index in [1.165, 1.54) is 22.9 Å². The van der Waals surface area contributed by atoms with E-state index in [1.807, 2.05) is 55.5 Å². The van der Waals surface area contributed by atoms with E-state index in [9.17, 15) is 4.79 Å². The van der Waals surface area contributed by atoms with Crippen molar-refractivity contribution in [3.8, 4) is 11.5 Å². The normalized spacial score (nSPS) is 15.4. The number of benzene rings is 3. The second-order valence-electron chi connectivity index (χ2n) is 8.82. The molecule has 1 heterocycles. The standard InChI is InChI=1S/C32H34N2O3S/c1-6-10-25-19-24(20-28(36-5)30(25)37-9-4)21-29-31(35)34(27-17-13-23(8-3)14-18-27)32(38-29)33-26-15-11-22(7-2)12-16-26/h6,11-21H,1,7-10H2,2-5H3/b29-21-,33-32?. The van der Waals surface area contributed by atoms with E-state index in [4.69, 9.17) is 14.5 Å². The van der Waals surface area contributed by atoms with Crippen molar-refractivity contribution in [3.05, 3.63) is 100 Å². The van der Waals surface area contributed by atoms with Crippen LogP contribution in [0.4, 0.5) is 11.4 Å². The maximum absolute atomic E-state index is 13.8. The van der Waals surface area contributed by atoms with Gasteiger partial charge in [-0.2, -0.15) is 0 Å². The van der Waals surface area contributed by atoms with Crippen LogP contribution in [0.2, 0.25) is 0 Å². The molecule has 0 spiro atoms. The van der Waals surface area contributed by atoms with Gasteiger partial charge in [0.1, 0.15) is 0 Å². The van der Waals surface area contributed by atoms with Crippen molar-refractivity contribution < 1.29 is 14.3 Å². The van der Waals surface area contributed by atoms with Gasteiger partial charge in [-0.05, 0) is 97.1 Å². The predicted octanol–water partition coefficient (Wildman–Crippen LogP) is 7.76. The third-order valence-electron chi connectivity index (χ3n) is 6.30. The van der Waals surface area contributed by atoms with Crippen molar-refractivity contribution >= 4 is 40.3 Å². The molecule has 0 aliphatic carbocycles. The van der Waals surface area contributed by atoms with Crippen LogP contribution in [0.1, 0.15) is 43.0 Å². The SMILES string of the molecule is C=CCc1cc(/C=C2\SC(=Nc3ccc(CC)cc3)N(c3ccc(CC)cc3)C2=O)cc(OC)c1OCC. The van der Waals surface area contributed by atoms with Gasteiger partial charge in [0, 0.05) is 5.56 Å². The molecule has 0 unspecified atom stereocenters. The lowest BCUT2D eigenvalue weighted by molar-refractivity contribution is -0.113. The Morgan fingerprint density at radius 3 is 2.21 bits per heavy atom. The van der Waals surface area contributed by atoms with E-state index in [0.29, 0.717) is 34.6 Å². The van der Waals surface area contributed by atoms with Gasteiger partial charge in [-0.1, -0.05) is 44.2 Å². The largest absolute Gasteiger partial charge is 0.493 e. The average molecular weight is 527 g/mol. The molecule has 0 aromatic heterocycles. The summed E-state index contributed by atoms with van der Waals surface area (Å²) in [5, 5.41) is 0.624. The number of rotatable bonds is 10. The molecule has 0 saturated carbocycles. The number of ether oxygens (including phenoxy) is 2. The van der Waals surface area contributed by atoms with Crippen LogP contribution >= 0.6 is 11.8 Å². The van der Waals surface area contributed by atoms with Crippen LogP contribution in [0.5, 0.6) is 11.5 Å². The summed E-state index contributed by atoms with van der Waals surface area (Å²) >= 11 is 1.37. The highest BCUT2D eigenvalue weighted by Gasteiger charge is 2.35. The number of aryl methyl sites for hydroxylation is 2. The molecule has 1 aliphatic heterocycles. The summed E-state index contributed by atoms with van der Waals surface area (Å²) in [6.45, 7) is 10.6. The second-order valence-corrected chi connectivity index (χ2v) is 9.83. The number of hydrogen-bond donors (Lipinski definition) is 0. The molecule has 0 bridgehead atoms. The molecule has 1 amide bonds. The maximum atomic E-state index is 13.8. The number of hydrogen-bond acceptors (Lipinski definition) is 5. The fraction of sp³-hybridized carbons (Fsp3) is 0.250. The Hall–Kier alpha value is -3.77. The molecule has 1 aliphatic rings. The van der Waals surface area contributed by atoms with Crippen molar-refractivity contribution in [2.24, 2.45) is 4.99 Å². The summed E-state index contributed by atoms with van der Waals surface area (Å²) in [7, 11) is 1.62. The summed E-state index contributed by atoms with van der Waals surface area (Å²) in [5.74, 6) is 1.23. The third-order valence-corrected chi connectivity index (χ3v) is 7.27. The van der Waals surface area contributed by atoms with Crippen molar-refractivity contribution in [1.29, 1.82) is 0 Å². The lowest BCUT2D eigenvalue weighted by Gasteiger charge is -2.16. The van der Waals surface area contributed by atoms with Crippen molar-refractivity contribution in [2.45, 2.75) is 40.0 Å². The Labute approximate surface area is 229 Å². The molecule has 0 radical (unpaired) electrons. The van der Waals surface area contributed by atoms with E-state index in [0.717, 1.165) is 35.3 Å². The van der Waals surface area contributed by atoms with Gasteiger partial charge in [0.25, 0.3) is 5.91 Å². The molecule has 0 N–H and O–H groups in total. The van der Waals surface area contributed by atoms with Crippen LogP contribution in [0.15, 0.2) is 83.2 Å². The Morgan fingerprint density at radius 2 is 1.63 bits per heavy atom. The van der Waals surface area contributed by atoms with Crippen LogP contribution in [-0.2, 0) is 24.1 Å². The first-order chi connectivity index (χ1) is 18.5. The number of carbonyl (C=O) groups is 1. The minimum absolute atomic E-state index is 0.110. The Balaban J connectivity index is 1.78. The van der Waals surface area contributed by atoms with Crippen molar-refractivity contribution in [1.82, 2.24) is 0 Å². The molecule has 0 atom stereocenters. The van der Waals surface area contributed by atoms with Gasteiger partial charge >= 0.3 is 0 Å². The summed E-state index contributed by atoms with van der Waals surface area (Å²) in [6.07, 6.45) is 6.26. The van der Waals surface area contributed by atoms with Gasteiger partial charge in [-0.3, -0.25) is 9.69 Å². The predicted molar refractivity (Wildman–Crippen MR) is 160 cm³/mol. The number of anilines is 1. The summed E-state index contributed by atoms with van der Waals surface area (Å²) < 4.78 is 11.5. The first-order valence-corrected chi connectivity index (χ1v) is 13.8. The average Bonchev–Trinajstić information content (AvgIpc) is 3.24. The van der Waals surface area contributed by atoms with Gasteiger partial charge in [0.05, 0.1) is 30.0 Å². The molecule has 38 heavy (non-hydrogen) atoms. The van der Waals surface area contributed by atoms with E-state index >= 15 is 0 Å². The number of nitrogens with zero attached hydrogens (tertiary/aromatic N) is 2. The number of amides is 1. The highest BCUT2D eigenvalue weighted by molar-refractivity contribution is 8.19. The summed E-state index contributed by atoms with van der Waals surface area (Å²) in [4.78, 5) is 20.9. The van der Waals surface area contributed by atoms with E-state index in [1.54, 1.807) is 12.0 Å². The first-order valence-electron chi connectivity index (χ1n) is 13.0. The molecule has 5 nitrogen and oxygen atoms in total. The smallest absolute Gasteiger partial charge is 0.271 e. The summed E-state index contributed by atoms with van der Waals surface area (Å²) in [6, 6.07) is 20.1. The zero-order valence-corrected chi connectivity index (χ0v) is 23.3. The Morgan fingerprint density at radius 1 is 0.974 bits per heavy atom. The molecule has 3 aromatic carbocycles. The Kier molecular flexibility index (Phi) is 9.08. The number of thioether (sulfide) groups is 1. The molecular weight excluding hydrogens is 492 g/mol. The lowest BCUT2D eigenvalue weighted by Crippen LogP contribution is -2.28. The maximum Gasteiger partial charge on any atom is 0.271 e. The lowest BCUT2D eigenvalue weighted by atomic mass is 10.0. The Bertz CT molecular complexity index is 1360. The number of amidine groups is 1. The number of aliphatic imine (C=N–C) groups is 1. The fourth-order valence-electron chi connectivity index (χ4n) is 4.26. The van der Waals surface area contributed by atoms with E-state index in [-0.39, 0.29) is 5.91 Å². The minimum Gasteiger partial charge on any atom is -0.493 e. The quantitative estimate of drug-likeness (QED) is 0.200. The summed E-state index contributed by atoms with van der Waals surface area (Å²) in [5.41, 5.74) is 5.88. The fourth-order valence-corrected chi connectivity index (χ4v) is 5.26. The van der Waals surface area contributed by atoms with Gasteiger partial charge in [0.15, 0.2) is 16.7 Å². The van der Waals surface area contributed by atoms with Crippen LogP contribution in [0.25, 0.3) is 6.08 Å². The molecule has 1 saturated heterocycles. The third kappa shape index (κ3) is 6.03. The van der Waals surface area contributed by atoms with Crippen LogP contribution in [-0.4, -0.2) is 24.8 Å². The van der Waals surface area contributed by atoms with Crippen molar-refractivity contribution in [3.63, 3.8) is 0 Å². The zero-order valence-electron chi connectivity index (χ0n) is 22.5. The van der Waals surface area contributed by atoms with Crippen LogP contribution in [0, 0.1) is 0 Å². The van der Waals surface area contributed by atoms with Crippen molar-refractivity contribution in [2.75, 3.05) is 18.6 Å². The highest BCUT2D eigenvalue weighted by Crippen LogP contribution is 2.39. The highest BCUT2D eigenvalue weighted by atomic mass is 32.2. The van der Waals surface area contributed by atoms with Crippen LogP contribution < -0.4 is 14.4 Å². The topological polar surface area (TPSA) is 51.1 Å². The number of methoxy groups -OCH3 is 1. The molecule has 6 heteroatoms. The minimum atomic E-state index is -0.110. The molecule has 196 valence electrons. The second kappa shape index (κ2) is 12.7. The first kappa shape index (κ1) is 27.3. The molecule has 4 rings (SSSR count). The van der Waals surface area contributed by atoms with Crippen LogP contribution in [0.3, 0.4) is 0 Å². The molecule has 1 fully saturated rings. The van der Waals surface area contributed by atoms with Gasteiger partial charge in [0.2, 0.25) is 0 Å². The van der Waals surface area contributed by atoms with Gasteiger partial charge in [-0.25, -0.2) is 4.99 Å². The molecule has 3 aromatic rings. The van der Waals surface area contributed by atoms with E-state index < -0.39 is 0 Å². The monoisotopic (exact) mass is 526 g/mol. The zero-order chi connectivity index (χ0) is 27.1.